The third-order valence-corrected chi connectivity index (χ3v) is 8.02. The van der Waals surface area contributed by atoms with Crippen LogP contribution in [-0.2, 0) is 11.3 Å². The SMILES string of the molecule is CC(NC(=O)CSc1nc2ccccc2c(=O)n1Cc1cccnc1)C1CC2CCC1C2. The Balaban J connectivity index is 1.33. The monoisotopic (exact) mass is 448 g/mol. The standard InChI is InChI=1S/C25H28N4O2S/c1-16(21-12-17-8-9-19(21)11-17)27-23(30)15-32-25-28-22-7-3-2-6-20(22)24(31)29(25)14-18-5-4-10-26-13-18/h2-7,10,13,16-17,19,21H,8-9,11-12,14-15H2,1H3,(H,27,30). The number of para-hydroxylation sites is 1. The number of carbonyl (C=O) groups excluding carboxylic acids is 1. The van der Waals surface area contributed by atoms with E-state index in [0.29, 0.717) is 28.5 Å². The first-order chi connectivity index (χ1) is 15.6. The van der Waals surface area contributed by atoms with E-state index >= 15 is 0 Å². The van der Waals surface area contributed by atoms with Crippen LogP contribution >= 0.6 is 11.8 Å². The van der Waals surface area contributed by atoms with Crippen LogP contribution in [0, 0.1) is 17.8 Å². The number of aromatic nitrogens is 3. The van der Waals surface area contributed by atoms with Gasteiger partial charge < -0.3 is 5.32 Å². The maximum absolute atomic E-state index is 13.2. The lowest BCUT2D eigenvalue weighted by molar-refractivity contribution is -0.119. The van der Waals surface area contributed by atoms with E-state index in [2.05, 4.69) is 17.2 Å². The zero-order valence-corrected chi connectivity index (χ0v) is 19.1. The lowest BCUT2D eigenvalue weighted by Gasteiger charge is -2.28. The van der Waals surface area contributed by atoms with Gasteiger partial charge in [-0.05, 0) is 67.7 Å². The van der Waals surface area contributed by atoms with E-state index in [0.717, 1.165) is 17.4 Å². The van der Waals surface area contributed by atoms with Gasteiger partial charge in [-0.15, -0.1) is 0 Å². The molecule has 7 heteroatoms. The van der Waals surface area contributed by atoms with Crippen molar-refractivity contribution < 1.29 is 4.79 Å². The number of hydrogen-bond donors (Lipinski definition) is 1. The van der Waals surface area contributed by atoms with E-state index in [9.17, 15) is 9.59 Å². The van der Waals surface area contributed by atoms with E-state index < -0.39 is 0 Å². The fraction of sp³-hybridized carbons (Fsp3) is 0.440. The van der Waals surface area contributed by atoms with Gasteiger partial charge in [-0.2, -0.15) is 0 Å². The van der Waals surface area contributed by atoms with Gasteiger partial charge in [0.05, 0.1) is 23.2 Å². The summed E-state index contributed by atoms with van der Waals surface area (Å²) in [5.74, 6) is 2.48. The average Bonchev–Trinajstić information content (AvgIpc) is 3.44. The summed E-state index contributed by atoms with van der Waals surface area (Å²) in [6.45, 7) is 2.51. The number of rotatable bonds is 7. The zero-order valence-electron chi connectivity index (χ0n) is 18.2. The summed E-state index contributed by atoms with van der Waals surface area (Å²) >= 11 is 1.32. The van der Waals surface area contributed by atoms with Gasteiger partial charge >= 0.3 is 0 Å². The van der Waals surface area contributed by atoms with Gasteiger partial charge in [0.2, 0.25) is 5.91 Å². The fourth-order valence-corrected chi connectivity index (χ4v) is 6.32. The highest BCUT2D eigenvalue weighted by molar-refractivity contribution is 7.99. The Morgan fingerprint density at radius 2 is 2.09 bits per heavy atom. The highest BCUT2D eigenvalue weighted by Gasteiger charge is 2.42. The zero-order chi connectivity index (χ0) is 22.1. The first kappa shape index (κ1) is 21.2. The first-order valence-electron chi connectivity index (χ1n) is 11.4. The molecule has 2 bridgehead atoms. The largest absolute Gasteiger partial charge is 0.353 e. The Morgan fingerprint density at radius 3 is 2.84 bits per heavy atom. The fourth-order valence-electron chi connectivity index (χ4n) is 5.51. The Morgan fingerprint density at radius 1 is 1.22 bits per heavy atom. The van der Waals surface area contributed by atoms with Gasteiger partial charge in [-0.3, -0.25) is 19.1 Å². The van der Waals surface area contributed by atoms with Gasteiger partial charge in [0.25, 0.3) is 5.56 Å². The summed E-state index contributed by atoms with van der Waals surface area (Å²) in [6.07, 6.45) is 8.71. The normalized spacial score (nSPS) is 22.8. The molecule has 1 aromatic carbocycles. The summed E-state index contributed by atoms with van der Waals surface area (Å²) in [5.41, 5.74) is 1.47. The summed E-state index contributed by atoms with van der Waals surface area (Å²) < 4.78 is 1.65. The molecule has 2 aromatic heterocycles. The number of nitrogens with one attached hydrogen (secondary N) is 1. The molecule has 3 aromatic rings. The van der Waals surface area contributed by atoms with Crippen molar-refractivity contribution in [3.05, 3.63) is 64.7 Å². The summed E-state index contributed by atoms with van der Waals surface area (Å²) in [6, 6.07) is 11.3. The first-order valence-corrected chi connectivity index (χ1v) is 12.4. The molecule has 0 radical (unpaired) electrons. The maximum Gasteiger partial charge on any atom is 0.262 e. The second-order valence-corrected chi connectivity index (χ2v) is 10.1. The predicted octanol–water partition coefficient (Wildman–Crippen LogP) is 3.87. The van der Waals surface area contributed by atoms with Crippen LogP contribution in [0.5, 0.6) is 0 Å². The number of thioether (sulfide) groups is 1. The van der Waals surface area contributed by atoms with Crippen molar-refractivity contribution in [1.82, 2.24) is 19.9 Å². The molecule has 2 saturated carbocycles. The number of nitrogens with zero attached hydrogens (tertiary/aromatic N) is 3. The molecular weight excluding hydrogens is 420 g/mol. The molecule has 1 amide bonds. The van der Waals surface area contributed by atoms with Crippen LogP contribution in [0.15, 0.2) is 58.7 Å². The van der Waals surface area contributed by atoms with Gasteiger partial charge in [0.15, 0.2) is 5.16 Å². The number of hydrogen-bond acceptors (Lipinski definition) is 5. The molecule has 166 valence electrons. The minimum absolute atomic E-state index is 0.000564. The van der Waals surface area contributed by atoms with Crippen LogP contribution < -0.4 is 10.9 Å². The Kier molecular flexibility index (Phi) is 6.00. The molecule has 32 heavy (non-hydrogen) atoms. The Bertz CT molecular complexity index is 1180. The van der Waals surface area contributed by atoms with E-state index in [1.54, 1.807) is 23.0 Å². The molecule has 2 fully saturated rings. The number of amides is 1. The minimum Gasteiger partial charge on any atom is -0.353 e. The number of fused-ring (bicyclic) bond motifs is 3. The molecule has 1 N–H and O–H groups in total. The highest BCUT2D eigenvalue weighted by atomic mass is 32.2. The van der Waals surface area contributed by atoms with Crippen molar-refractivity contribution in [3.63, 3.8) is 0 Å². The molecule has 4 atom stereocenters. The molecule has 0 spiro atoms. The lowest BCUT2D eigenvalue weighted by Crippen LogP contribution is -2.41. The van der Waals surface area contributed by atoms with Crippen LogP contribution in [0.3, 0.4) is 0 Å². The molecule has 0 aliphatic heterocycles. The van der Waals surface area contributed by atoms with Crippen LogP contribution in [0.2, 0.25) is 0 Å². The van der Waals surface area contributed by atoms with Crippen LogP contribution in [-0.4, -0.2) is 32.2 Å². The van der Waals surface area contributed by atoms with Crippen molar-refractivity contribution in [2.24, 2.45) is 17.8 Å². The van der Waals surface area contributed by atoms with Gasteiger partial charge in [0.1, 0.15) is 0 Å². The summed E-state index contributed by atoms with van der Waals surface area (Å²) in [4.78, 5) is 34.8. The van der Waals surface area contributed by atoms with Crippen LogP contribution in [0.4, 0.5) is 0 Å². The molecule has 0 saturated heterocycles. The van der Waals surface area contributed by atoms with Crippen molar-refractivity contribution in [3.8, 4) is 0 Å². The highest BCUT2D eigenvalue weighted by Crippen LogP contribution is 2.49. The summed E-state index contributed by atoms with van der Waals surface area (Å²) in [5, 5.41) is 4.35. The van der Waals surface area contributed by atoms with Gasteiger partial charge in [0, 0.05) is 18.4 Å². The molecule has 2 aliphatic carbocycles. The minimum atomic E-state index is -0.0993. The number of benzene rings is 1. The smallest absolute Gasteiger partial charge is 0.262 e. The third-order valence-electron chi connectivity index (χ3n) is 7.05. The molecule has 4 unspecified atom stereocenters. The van der Waals surface area contributed by atoms with E-state index in [1.807, 2.05) is 30.3 Å². The maximum atomic E-state index is 13.2. The van der Waals surface area contributed by atoms with E-state index in [-0.39, 0.29) is 23.3 Å². The molecular formula is C25H28N4O2S. The van der Waals surface area contributed by atoms with Gasteiger partial charge in [-0.1, -0.05) is 36.4 Å². The molecule has 2 heterocycles. The van der Waals surface area contributed by atoms with E-state index in [4.69, 9.17) is 4.98 Å². The lowest BCUT2D eigenvalue weighted by atomic mass is 9.84. The van der Waals surface area contributed by atoms with Crippen LogP contribution in [0.1, 0.15) is 38.2 Å². The third kappa shape index (κ3) is 4.31. The predicted molar refractivity (Wildman–Crippen MR) is 127 cm³/mol. The van der Waals surface area contributed by atoms with Gasteiger partial charge in [-0.25, -0.2) is 4.98 Å². The second-order valence-electron chi connectivity index (χ2n) is 9.15. The molecule has 2 aliphatic rings. The molecule has 6 nitrogen and oxygen atoms in total. The van der Waals surface area contributed by atoms with Crippen molar-refractivity contribution >= 4 is 28.6 Å². The van der Waals surface area contributed by atoms with E-state index in [1.165, 1.54) is 37.4 Å². The Labute approximate surface area is 191 Å². The van der Waals surface area contributed by atoms with Crippen molar-refractivity contribution in [2.45, 2.75) is 50.4 Å². The number of pyridine rings is 1. The van der Waals surface area contributed by atoms with Crippen molar-refractivity contribution in [2.75, 3.05) is 5.75 Å². The average molecular weight is 449 g/mol. The quantitative estimate of drug-likeness (QED) is 0.439. The second kappa shape index (κ2) is 9.06. The topological polar surface area (TPSA) is 76.9 Å². The van der Waals surface area contributed by atoms with Crippen molar-refractivity contribution in [1.29, 1.82) is 0 Å². The summed E-state index contributed by atoms with van der Waals surface area (Å²) in [7, 11) is 0. The van der Waals surface area contributed by atoms with Crippen LogP contribution in [0.25, 0.3) is 10.9 Å². The molecule has 5 rings (SSSR count). The Hall–Kier alpha value is -2.67. The number of carbonyl (C=O) groups is 1.